The minimum Gasteiger partial charge on any atom is -0.496 e. The van der Waals surface area contributed by atoms with Crippen molar-refractivity contribution in [3.63, 3.8) is 0 Å². The van der Waals surface area contributed by atoms with Crippen LogP contribution in [0.3, 0.4) is 0 Å². The summed E-state index contributed by atoms with van der Waals surface area (Å²) in [6.45, 7) is 9.33. The lowest BCUT2D eigenvalue weighted by Crippen LogP contribution is -2.32. The molecule has 0 radical (unpaired) electrons. The highest BCUT2D eigenvalue weighted by Gasteiger charge is 2.27. The third kappa shape index (κ3) is 4.82. The number of fused-ring (bicyclic) bond motifs is 1. The van der Waals surface area contributed by atoms with Crippen LogP contribution in [-0.4, -0.2) is 19.3 Å². The second-order valence-electron chi connectivity index (χ2n) is 8.73. The number of anilines is 1. The number of rotatable bonds is 7. The molecular weight excluding hydrogens is 417 g/mol. The van der Waals surface area contributed by atoms with Gasteiger partial charge in [0.1, 0.15) is 29.7 Å². The Hall–Kier alpha value is -3.47. The van der Waals surface area contributed by atoms with Gasteiger partial charge in [0, 0.05) is 28.4 Å². The molecule has 0 unspecified atom stereocenters. The first-order valence-corrected chi connectivity index (χ1v) is 11.1. The van der Waals surface area contributed by atoms with Gasteiger partial charge in [-0.1, -0.05) is 12.1 Å². The molecule has 0 aromatic heterocycles. The van der Waals surface area contributed by atoms with E-state index in [1.807, 2.05) is 37.3 Å². The number of ether oxygens (including phenoxy) is 3. The number of allylic oxidation sites excluding steroid dienone is 1. The molecule has 172 valence electrons. The van der Waals surface area contributed by atoms with Crippen LogP contribution in [-0.2, 0) is 6.61 Å². The number of nitrogens with one attached hydrogen (secondary N) is 1. The van der Waals surface area contributed by atoms with Crippen LogP contribution in [0.15, 0.2) is 60.7 Å². The van der Waals surface area contributed by atoms with E-state index in [0.717, 1.165) is 39.4 Å². The SMILES string of the molecule is CCOc1ccc(OCc2c(-c3ccc(F)cc3OC)ccc3c2C(C)=CC(C)(C)N3)cc1. The van der Waals surface area contributed by atoms with E-state index in [-0.39, 0.29) is 11.4 Å². The van der Waals surface area contributed by atoms with Crippen molar-refractivity contribution in [2.24, 2.45) is 0 Å². The average Bonchev–Trinajstić information content (AvgIpc) is 2.77. The zero-order valence-electron chi connectivity index (χ0n) is 19.8. The highest BCUT2D eigenvalue weighted by atomic mass is 19.1. The number of benzene rings is 3. The summed E-state index contributed by atoms with van der Waals surface area (Å²) in [6, 6.07) is 16.4. The summed E-state index contributed by atoms with van der Waals surface area (Å²) >= 11 is 0. The van der Waals surface area contributed by atoms with Crippen molar-refractivity contribution in [3.05, 3.63) is 77.6 Å². The second kappa shape index (κ2) is 9.18. The Morgan fingerprint density at radius 3 is 2.24 bits per heavy atom. The van der Waals surface area contributed by atoms with Crippen LogP contribution in [0.5, 0.6) is 17.2 Å². The summed E-state index contributed by atoms with van der Waals surface area (Å²) in [6.07, 6.45) is 2.22. The minimum atomic E-state index is -0.333. The maximum Gasteiger partial charge on any atom is 0.129 e. The molecule has 1 heterocycles. The largest absolute Gasteiger partial charge is 0.496 e. The van der Waals surface area contributed by atoms with E-state index in [0.29, 0.717) is 19.0 Å². The molecule has 1 N–H and O–H groups in total. The molecule has 0 aliphatic carbocycles. The van der Waals surface area contributed by atoms with Gasteiger partial charge in [-0.25, -0.2) is 4.39 Å². The van der Waals surface area contributed by atoms with Crippen LogP contribution in [0.2, 0.25) is 0 Å². The predicted molar refractivity (Wildman–Crippen MR) is 132 cm³/mol. The van der Waals surface area contributed by atoms with Crippen LogP contribution < -0.4 is 19.5 Å². The fourth-order valence-corrected chi connectivity index (χ4v) is 4.44. The predicted octanol–water partition coefficient (Wildman–Crippen LogP) is 7.09. The lowest BCUT2D eigenvalue weighted by molar-refractivity contribution is 0.304. The van der Waals surface area contributed by atoms with E-state index >= 15 is 0 Å². The first-order valence-electron chi connectivity index (χ1n) is 11.1. The Bertz CT molecular complexity index is 1180. The number of halogens is 1. The first-order chi connectivity index (χ1) is 15.8. The number of hydrogen-bond donors (Lipinski definition) is 1. The zero-order valence-corrected chi connectivity index (χ0v) is 19.8. The molecule has 0 fully saturated rings. The molecule has 33 heavy (non-hydrogen) atoms. The van der Waals surface area contributed by atoms with Gasteiger partial charge in [-0.3, -0.25) is 0 Å². The minimum absolute atomic E-state index is 0.153. The first kappa shape index (κ1) is 22.7. The zero-order chi connectivity index (χ0) is 23.6. The van der Waals surface area contributed by atoms with Crippen molar-refractivity contribution in [1.82, 2.24) is 0 Å². The molecule has 0 spiro atoms. The van der Waals surface area contributed by atoms with Crippen molar-refractivity contribution in [2.75, 3.05) is 19.0 Å². The van der Waals surface area contributed by atoms with Crippen LogP contribution in [0.4, 0.5) is 10.1 Å². The second-order valence-corrected chi connectivity index (χ2v) is 8.73. The monoisotopic (exact) mass is 447 g/mol. The lowest BCUT2D eigenvalue weighted by atomic mass is 9.85. The van der Waals surface area contributed by atoms with Crippen molar-refractivity contribution < 1.29 is 18.6 Å². The van der Waals surface area contributed by atoms with Gasteiger partial charge < -0.3 is 19.5 Å². The molecule has 1 aliphatic rings. The molecule has 3 aromatic carbocycles. The van der Waals surface area contributed by atoms with Gasteiger partial charge in [0.25, 0.3) is 0 Å². The number of methoxy groups -OCH3 is 1. The summed E-state index contributed by atoms with van der Waals surface area (Å²) in [4.78, 5) is 0. The number of hydrogen-bond acceptors (Lipinski definition) is 4. The summed E-state index contributed by atoms with van der Waals surface area (Å²) in [5.41, 5.74) is 5.96. The molecular formula is C28H30FNO3. The molecule has 0 bridgehead atoms. The van der Waals surface area contributed by atoms with Crippen LogP contribution in [0.25, 0.3) is 16.7 Å². The van der Waals surface area contributed by atoms with Gasteiger partial charge in [0.2, 0.25) is 0 Å². The van der Waals surface area contributed by atoms with E-state index in [2.05, 4.69) is 38.2 Å². The highest BCUT2D eigenvalue weighted by Crippen LogP contribution is 2.42. The Kier molecular flexibility index (Phi) is 6.32. The third-order valence-electron chi connectivity index (χ3n) is 5.71. The third-order valence-corrected chi connectivity index (χ3v) is 5.71. The smallest absolute Gasteiger partial charge is 0.129 e. The maximum atomic E-state index is 13.9. The molecule has 5 heteroatoms. The van der Waals surface area contributed by atoms with Crippen LogP contribution in [0.1, 0.15) is 38.8 Å². The molecule has 0 saturated carbocycles. The Morgan fingerprint density at radius 2 is 1.58 bits per heavy atom. The molecule has 1 aliphatic heterocycles. The Morgan fingerprint density at radius 1 is 0.909 bits per heavy atom. The molecule has 4 rings (SSSR count). The van der Waals surface area contributed by atoms with Gasteiger partial charge in [0.15, 0.2) is 0 Å². The van der Waals surface area contributed by atoms with E-state index in [1.54, 1.807) is 13.2 Å². The van der Waals surface area contributed by atoms with E-state index in [9.17, 15) is 4.39 Å². The normalized spacial score (nSPS) is 14.1. The van der Waals surface area contributed by atoms with Gasteiger partial charge >= 0.3 is 0 Å². The molecule has 0 amide bonds. The van der Waals surface area contributed by atoms with Gasteiger partial charge in [-0.2, -0.15) is 0 Å². The van der Waals surface area contributed by atoms with Crippen molar-refractivity contribution in [1.29, 1.82) is 0 Å². The van der Waals surface area contributed by atoms with Crippen molar-refractivity contribution in [3.8, 4) is 28.4 Å². The van der Waals surface area contributed by atoms with Crippen molar-refractivity contribution >= 4 is 11.3 Å². The fraction of sp³-hybridized carbons (Fsp3) is 0.286. The van der Waals surface area contributed by atoms with Gasteiger partial charge in [-0.05, 0) is 81.3 Å². The quantitative estimate of drug-likeness (QED) is 0.420. The molecule has 0 atom stereocenters. The average molecular weight is 448 g/mol. The van der Waals surface area contributed by atoms with E-state index < -0.39 is 0 Å². The van der Waals surface area contributed by atoms with E-state index in [1.165, 1.54) is 17.7 Å². The van der Waals surface area contributed by atoms with Crippen LogP contribution >= 0.6 is 0 Å². The Balaban J connectivity index is 1.79. The standard InChI is InChI=1S/C28H30FNO3/c1-6-32-20-8-10-21(11-9-20)33-17-24-22(23-12-7-19(29)15-26(23)31-5)13-14-25-27(24)18(2)16-28(3,4)30-25/h7-16,30H,6,17H2,1-5H3. The lowest BCUT2D eigenvalue weighted by Gasteiger charge is -2.33. The van der Waals surface area contributed by atoms with Gasteiger partial charge in [-0.15, -0.1) is 0 Å². The summed E-state index contributed by atoms with van der Waals surface area (Å²) in [7, 11) is 1.56. The molecule has 0 saturated heterocycles. The highest BCUT2D eigenvalue weighted by molar-refractivity contribution is 5.88. The summed E-state index contributed by atoms with van der Waals surface area (Å²) in [5, 5.41) is 3.60. The summed E-state index contributed by atoms with van der Waals surface area (Å²) in [5.74, 6) is 1.71. The topological polar surface area (TPSA) is 39.7 Å². The van der Waals surface area contributed by atoms with Crippen molar-refractivity contribution in [2.45, 2.75) is 39.8 Å². The summed E-state index contributed by atoms with van der Waals surface area (Å²) < 4.78 is 31.2. The fourth-order valence-electron chi connectivity index (χ4n) is 4.44. The van der Waals surface area contributed by atoms with E-state index in [4.69, 9.17) is 14.2 Å². The Labute approximate surface area is 195 Å². The van der Waals surface area contributed by atoms with Crippen LogP contribution in [0, 0.1) is 5.82 Å². The maximum absolute atomic E-state index is 13.9. The molecule has 4 nitrogen and oxygen atoms in total. The molecule has 3 aromatic rings. The van der Waals surface area contributed by atoms with Gasteiger partial charge in [0.05, 0.1) is 19.3 Å².